The predicted molar refractivity (Wildman–Crippen MR) is 111 cm³/mol. The van der Waals surface area contributed by atoms with Gasteiger partial charge in [0.05, 0.1) is 5.69 Å². The first-order valence-corrected chi connectivity index (χ1v) is 10.3. The van der Waals surface area contributed by atoms with Gasteiger partial charge in [-0.2, -0.15) is 0 Å². The summed E-state index contributed by atoms with van der Waals surface area (Å²) in [5.74, 6) is 0.185. The lowest BCUT2D eigenvalue weighted by Gasteiger charge is -2.22. The summed E-state index contributed by atoms with van der Waals surface area (Å²) in [6, 6.07) is 7.92. The Bertz CT molecular complexity index is 867. The fraction of sp³-hybridized carbons (Fsp3) is 0.500. The van der Waals surface area contributed by atoms with Crippen molar-refractivity contribution in [2.24, 2.45) is 0 Å². The lowest BCUT2D eigenvalue weighted by molar-refractivity contribution is 0.0754. The van der Waals surface area contributed by atoms with Gasteiger partial charge in [-0.3, -0.25) is 9.59 Å². The third-order valence-corrected chi connectivity index (χ3v) is 5.44. The van der Waals surface area contributed by atoms with Gasteiger partial charge >= 0.3 is 0 Å². The molecule has 0 atom stereocenters. The van der Waals surface area contributed by atoms with Crippen LogP contribution >= 0.6 is 0 Å². The zero-order valence-electron chi connectivity index (χ0n) is 17.4. The summed E-state index contributed by atoms with van der Waals surface area (Å²) in [7, 11) is 0. The minimum absolute atomic E-state index is 0.0918. The standard InChI is InChI=1S/C22H30N4O2/c1-5-24(6-2)22(28)20-23-19(18-13-8-9-14-26(18)20)21(27)25(7-3)17-12-10-11-16(4)15-17/h10-12,15H,5-9,13-14H2,1-4H3. The molecule has 6 heteroatoms. The quantitative estimate of drug-likeness (QED) is 0.766. The predicted octanol–water partition coefficient (Wildman–Crippen LogP) is 3.68. The largest absolute Gasteiger partial charge is 0.337 e. The van der Waals surface area contributed by atoms with Crippen LogP contribution in [-0.2, 0) is 13.0 Å². The highest BCUT2D eigenvalue weighted by molar-refractivity contribution is 6.06. The van der Waals surface area contributed by atoms with Crippen molar-refractivity contribution in [3.63, 3.8) is 0 Å². The highest BCUT2D eigenvalue weighted by atomic mass is 16.2. The summed E-state index contributed by atoms with van der Waals surface area (Å²) in [4.78, 5) is 34.5. The van der Waals surface area contributed by atoms with E-state index in [0.29, 0.717) is 31.2 Å². The zero-order chi connectivity index (χ0) is 20.3. The fourth-order valence-corrected chi connectivity index (χ4v) is 3.90. The number of aryl methyl sites for hydroxylation is 1. The van der Waals surface area contributed by atoms with E-state index in [1.54, 1.807) is 9.80 Å². The number of imidazole rings is 1. The summed E-state index contributed by atoms with van der Waals surface area (Å²) < 4.78 is 1.97. The maximum atomic E-state index is 13.4. The molecule has 150 valence electrons. The molecular formula is C22H30N4O2. The zero-order valence-corrected chi connectivity index (χ0v) is 17.4. The van der Waals surface area contributed by atoms with Gasteiger partial charge in [-0.05, 0) is 64.7 Å². The molecule has 1 aromatic carbocycles. The lowest BCUT2D eigenvalue weighted by Crippen LogP contribution is -2.33. The molecule has 0 radical (unpaired) electrons. The molecule has 2 aromatic rings. The molecule has 3 rings (SSSR count). The Kier molecular flexibility index (Phi) is 6.17. The number of nitrogens with zero attached hydrogens (tertiary/aromatic N) is 4. The van der Waals surface area contributed by atoms with Gasteiger partial charge in [-0.1, -0.05) is 12.1 Å². The van der Waals surface area contributed by atoms with Crippen molar-refractivity contribution < 1.29 is 9.59 Å². The number of benzene rings is 1. The normalized spacial score (nSPS) is 13.1. The van der Waals surface area contributed by atoms with Gasteiger partial charge in [0.1, 0.15) is 0 Å². The summed E-state index contributed by atoms with van der Waals surface area (Å²) in [5, 5.41) is 0. The number of anilines is 1. The number of amides is 2. The van der Waals surface area contributed by atoms with E-state index >= 15 is 0 Å². The SMILES string of the molecule is CCN(CC)C(=O)c1nc(C(=O)N(CC)c2cccc(C)c2)c2n1CCCC2. The van der Waals surface area contributed by atoms with Crippen LogP contribution in [0.4, 0.5) is 5.69 Å². The molecule has 28 heavy (non-hydrogen) atoms. The van der Waals surface area contributed by atoms with Gasteiger partial charge < -0.3 is 14.4 Å². The molecule has 0 fully saturated rings. The van der Waals surface area contributed by atoms with Gasteiger partial charge in [0.15, 0.2) is 11.5 Å². The molecular weight excluding hydrogens is 352 g/mol. The molecule has 0 aliphatic carbocycles. The number of hydrogen-bond acceptors (Lipinski definition) is 3. The number of rotatable bonds is 6. The van der Waals surface area contributed by atoms with E-state index in [0.717, 1.165) is 42.8 Å². The van der Waals surface area contributed by atoms with Gasteiger partial charge in [-0.25, -0.2) is 4.98 Å². The minimum atomic E-state index is -0.127. The Morgan fingerprint density at radius 3 is 2.46 bits per heavy atom. The molecule has 0 saturated heterocycles. The first-order valence-electron chi connectivity index (χ1n) is 10.3. The van der Waals surface area contributed by atoms with Gasteiger partial charge in [-0.15, -0.1) is 0 Å². The van der Waals surface area contributed by atoms with Crippen LogP contribution < -0.4 is 4.90 Å². The van der Waals surface area contributed by atoms with Crippen molar-refractivity contribution in [1.82, 2.24) is 14.5 Å². The average Bonchev–Trinajstić information content (AvgIpc) is 3.09. The van der Waals surface area contributed by atoms with Crippen LogP contribution in [0, 0.1) is 6.92 Å². The third kappa shape index (κ3) is 3.68. The molecule has 0 N–H and O–H groups in total. The second kappa shape index (κ2) is 8.59. The number of fused-ring (bicyclic) bond motifs is 1. The Morgan fingerprint density at radius 2 is 1.82 bits per heavy atom. The summed E-state index contributed by atoms with van der Waals surface area (Å²) in [6.45, 7) is 10.5. The van der Waals surface area contributed by atoms with Crippen LogP contribution in [0.25, 0.3) is 0 Å². The van der Waals surface area contributed by atoms with Crippen molar-refractivity contribution in [1.29, 1.82) is 0 Å². The molecule has 0 bridgehead atoms. The first-order chi connectivity index (χ1) is 13.5. The monoisotopic (exact) mass is 382 g/mol. The van der Waals surface area contributed by atoms with Gasteiger partial charge in [0.25, 0.3) is 11.8 Å². The van der Waals surface area contributed by atoms with Crippen LogP contribution in [0.1, 0.15) is 66.0 Å². The summed E-state index contributed by atoms with van der Waals surface area (Å²) >= 11 is 0. The van der Waals surface area contributed by atoms with Crippen molar-refractivity contribution >= 4 is 17.5 Å². The first kappa shape index (κ1) is 20.1. The molecule has 0 unspecified atom stereocenters. The van der Waals surface area contributed by atoms with Crippen molar-refractivity contribution in [3.8, 4) is 0 Å². The van der Waals surface area contributed by atoms with Crippen LogP contribution in [0.5, 0.6) is 0 Å². The van der Waals surface area contributed by atoms with Crippen molar-refractivity contribution in [2.75, 3.05) is 24.5 Å². The van der Waals surface area contributed by atoms with E-state index in [-0.39, 0.29) is 11.8 Å². The lowest BCUT2D eigenvalue weighted by atomic mass is 10.1. The van der Waals surface area contributed by atoms with E-state index in [2.05, 4.69) is 4.98 Å². The maximum absolute atomic E-state index is 13.4. The Morgan fingerprint density at radius 1 is 1.07 bits per heavy atom. The molecule has 6 nitrogen and oxygen atoms in total. The van der Waals surface area contributed by atoms with Crippen LogP contribution in [0.3, 0.4) is 0 Å². The summed E-state index contributed by atoms with van der Waals surface area (Å²) in [5.41, 5.74) is 3.30. The molecule has 0 saturated carbocycles. The summed E-state index contributed by atoms with van der Waals surface area (Å²) in [6.07, 6.45) is 2.80. The topological polar surface area (TPSA) is 58.4 Å². The van der Waals surface area contributed by atoms with Crippen LogP contribution in [0.15, 0.2) is 24.3 Å². The Labute approximate surface area is 167 Å². The Hall–Kier alpha value is -2.63. The highest BCUT2D eigenvalue weighted by Gasteiger charge is 2.31. The molecule has 1 aliphatic rings. The molecule has 0 spiro atoms. The number of aromatic nitrogens is 2. The van der Waals surface area contributed by atoms with Crippen LogP contribution in [-0.4, -0.2) is 45.9 Å². The van der Waals surface area contributed by atoms with E-state index in [9.17, 15) is 9.59 Å². The fourth-order valence-electron chi connectivity index (χ4n) is 3.90. The second-order valence-corrected chi connectivity index (χ2v) is 7.21. The molecule has 2 heterocycles. The van der Waals surface area contributed by atoms with Crippen molar-refractivity contribution in [2.45, 2.75) is 53.5 Å². The maximum Gasteiger partial charge on any atom is 0.289 e. The van der Waals surface area contributed by atoms with E-state index in [1.807, 2.05) is 56.5 Å². The Balaban J connectivity index is 2.03. The van der Waals surface area contributed by atoms with E-state index < -0.39 is 0 Å². The highest BCUT2D eigenvalue weighted by Crippen LogP contribution is 2.25. The van der Waals surface area contributed by atoms with E-state index in [4.69, 9.17) is 0 Å². The third-order valence-electron chi connectivity index (χ3n) is 5.44. The van der Waals surface area contributed by atoms with Gasteiger partial charge in [0, 0.05) is 31.9 Å². The van der Waals surface area contributed by atoms with Crippen LogP contribution in [0.2, 0.25) is 0 Å². The van der Waals surface area contributed by atoms with Crippen molar-refractivity contribution in [3.05, 3.63) is 47.0 Å². The smallest absolute Gasteiger partial charge is 0.289 e. The number of hydrogen-bond donors (Lipinski definition) is 0. The minimum Gasteiger partial charge on any atom is -0.337 e. The number of carbonyl (C=O) groups is 2. The molecule has 2 amide bonds. The number of carbonyl (C=O) groups excluding carboxylic acids is 2. The average molecular weight is 383 g/mol. The van der Waals surface area contributed by atoms with Gasteiger partial charge in [0.2, 0.25) is 0 Å². The molecule has 1 aliphatic heterocycles. The molecule has 1 aromatic heterocycles. The van der Waals surface area contributed by atoms with E-state index in [1.165, 1.54) is 0 Å². The second-order valence-electron chi connectivity index (χ2n) is 7.21.